The van der Waals surface area contributed by atoms with Gasteiger partial charge >= 0.3 is 0 Å². The molecule has 1 fully saturated rings. The van der Waals surface area contributed by atoms with Gasteiger partial charge in [-0.2, -0.15) is 0 Å². The highest BCUT2D eigenvalue weighted by molar-refractivity contribution is 5.92. The van der Waals surface area contributed by atoms with E-state index < -0.39 is 0 Å². The number of nitrogens with one attached hydrogen (secondary N) is 1. The largest absolute Gasteiger partial charge is 0.337 e. The number of rotatable bonds is 3. The summed E-state index contributed by atoms with van der Waals surface area (Å²) in [6.07, 6.45) is 7.32. The zero-order valence-corrected chi connectivity index (χ0v) is 12.4. The lowest BCUT2D eigenvalue weighted by atomic mass is 9.75. The van der Waals surface area contributed by atoms with E-state index in [-0.39, 0.29) is 5.91 Å². The molecule has 0 spiro atoms. The minimum absolute atomic E-state index is 0.0780. The van der Waals surface area contributed by atoms with Crippen LogP contribution < -0.4 is 11.3 Å². The van der Waals surface area contributed by atoms with E-state index in [2.05, 4.69) is 29.2 Å². The minimum atomic E-state index is -0.0780. The van der Waals surface area contributed by atoms with Crippen molar-refractivity contribution in [2.75, 3.05) is 12.5 Å². The van der Waals surface area contributed by atoms with E-state index in [1.807, 2.05) is 7.05 Å². The predicted octanol–water partition coefficient (Wildman–Crippen LogP) is 1.80. The van der Waals surface area contributed by atoms with Gasteiger partial charge in [-0.15, -0.1) is 0 Å². The SMILES string of the molecule is CN(C(=O)c1cnc(NN)cn1)C1CCC(C)(C)CC1. The van der Waals surface area contributed by atoms with Crippen LogP contribution in [-0.4, -0.2) is 33.9 Å². The number of carbonyl (C=O) groups excluding carboxylic acids is 1. The third kappa shape index (κ3) is 3.25. The standard InChI is InChI=1S/C14H23N5O/c1-14(2)6-4-10(5-7-14)19(3)13(20)11-8-17-12(18-15)9-16-11/h8-10H,4-7,15H2,1-3H3,(H,17,18). The quantitative estimate of drug-likeness (QED) is 0.650. The Hall–Kier alpha value is -1.69. The second-order valence-electron chi connectivity index (χ2n) is 6.24. The fourth-order valence-electron chi connectivity index (χ4n) is 2.63. The van der Waals surface area contributed by atoms with Gasteiger partial charge < -0.3 is 10.3 Å². The van der Waals surface area contributed by atoms with Crippen LogP contribution in [-0.2, 0) is 0 Å². The Balaban J connectivity index is 2.01. The molecule has 1 heterocycles. The minimum Gasteiger partial charge on any atom is -0.337 e. The van der Waals surface area contributed by atoms with Gasteiger partial charge in [-0.05, 0) is 31.1 Å². The molecule has 0 atom stereocenters. The van der Waals surface area contributed by atoms with Crippen LogP contribution in [0.4, 0.5) is 5.82 Å². The van der Waals surface area contributed by atoms with Crippen molar-refractivity contribution in [3.05, 3.63) is 18.1 Å². The fraction of sp³-hybridized carbons (Fsp3) is 0.643. The molecular formula is C14H23N5O. The van der Waals surface area contributed by atoms with Gasteiger partial charge in [0.05, 0.1) is 12.4 Å². The molecule has 0 aromatic carbocycles. The van der Waals surface area contributed by atoms with Crippen LogP contribution in [0.2, 0.25) is 0 Å². The van der Waals surface area contributed by atoms with Crippen molar-refractivity contribution in [1.82, 2.24) is 14.9 Å². The van der Waals surface area contributed by atoms with Gasteiger partial charge in [-0.3, -0.25) is 4.79 Å². The van der Waals surface area contributed by atoms with Gasteiger partial charge in [0.25, 0.3) is 5.91 Å². The average molecular weight is 277 g/mol. The third-order valence-electron chi connectivity index (χ3n) is 4.20. The van der Waals surface area contributed by atoms with E-state index in [4.69, 9.17) is 5.84 Å². The van der Waals surface area contributed by atoms with Crippen molar-refractivity contribution in [2.45, 2.75) is 45.6 Å². The number of nitrogen functional groups attached to an aromatic ring is 1. The fourth-order valence-corrected chi connectivity index (χ4v) is 2.63. The van der Waals surface area contributed by atoms with Gasteiger partial charge in [0.15, 0.2) is 5.82 Å². The van der Waals surface area contributed by atoms with Crippen LogP contribution in [0.3, 0.4) is 0 Å². The first-order valence-corrected chi connectivity index (χ1v) is 6.99. The molecule has 0 unspecified atom stereocenters. The number of nitrogens with zero attached hydrogens (tertiary/aromatic N) is 3. The predicted molar refractivity (Wildman–Crippen MR) is 78.0 cm³/mol. The molecule has 6 heteroatoms. The van der Waals surface area contributed by atoms with Crippen LogP contribution in [0.1, 0.15) is 50.0 Å². The lowest BCUT2D eigenvalue weighted by Gasteiger charge is -2.38. The molecule has 0 saturated heterocycles. The molecule has 110 valence electrons. The number of aromatic nitrogens is 2. The van der Waals surface area contributed by atoms with Gasteiger partial charge in [-0.1, -0.05) is 13.8 Å². The summed E-state index contributed by atoms with van der Waals surface area (Å²) in [6, 6.07) is 0.296. The van der Waals surface area contributed by atoms with Crippen molar-refractivity contribution in [1.29, 1.82) is 0 Å². The van der Waals surface area contributed by atoms with E-state index in [9.17, 15) is 4.79 Å². The van der Waals surface area contributed by atoms with Crippen LogP contribution >= 0.6 is 0 Å². The number of nitrogens with two attached hydrogens (primary N) is 1. The normalized spacial score (nSPS) is 18.6. The molecule has 2 rings (SSSR count). The van der Waals surface area contributed by atoms with Gasteiger partial charge in [0.1, 0.15) is 5.69 Å². The lowest BCUT2D eigenvalue weighted by Crippen LogP contribution is -2.41. The number of hydrogen-bond acceptors (Lipinski definition) is 5. The van der Waals surface area contributed by atoms with Crippen molar-refractivity contribution < 1.29 is 4.79 Å². The maximum Gasteiger partial charge on any atom is 0.274 e. The average Bonchev–Trinajstić information content (AvgIpc) is 2.46. The Labute approximate surface area is 119 Å². The first-order valence-electron chi connectivity index (χ1n) is 6.99. The van der Waals surface area contributed by atoms with Crippen LogP contribution in [0.5, 0.6) is 0 Å². The van der Waals surface area contributed by atoms with Crippen molar-refractivity contribution in [2.24, 2.45) is 11.3 Å². The van der Waals surface area contributed by atoms with Gasteiger partial charge in [0, 0.05) is 13.1 Å². The highest BCUT2D eigenvalue weighted by atomic mass is 16.2. The second kappa shape index (κ2) is 5.75. The molecule has 20 heavy (non-hydrogen) atoms. The van der Waals surface area contributed by atoms with Crippen LogP contribution in [0.15, 0.2) is 12.4 Å². The number of hydrogen-bond donors (Lipinski definition) is 2. The second-order valence-corrected chi connectivity index (χ2v) is 6.24. The highest BCUT2D eigenvalue weighted by Crippen LogP contribution is 2.36. The van der Waals surface area contributed by atoms with E-state index in [0.29, 0.717) is 23.0 Å². The Bertz CT molecular complexity index is 461. The van der Waals surface area contributed by atoms with E-state index in [0.717, 1.165) is 25.7 Å². The topological polar surface area (TPSA) is 84.1 Å². The number of hydrazine groups is 1. The summed E-state index contributed by atoms with van der Waals surface area (Å²) in [4.78, 5) is 22.3. The van der Waals surface area contributed by atoms with E-state index >= 15 is 0 Å². The number of anilines is 1. The molecule has 1 saturated carbocycles. The summed E-state index contributed by atoms with van der Waals surface area (Å²) < 4.78 is 0. The van der Waals surface area contributed by atoms with Gasteiger partial charge in [-0.25, -0.2) is 15.8 Å². The Morgan fingerprint density at radius 1 is 1.35 bits per heavy atom. The molecule has 3 N–H and O–H groups in total. The summed E-state index contributed by atoms with van der Waals surface area (Å²) in [7, 11) is 1.85. The lowest BCUT2D eigenvalue weighted by molar-refractivity contribution is 0.0629. The summed E-state index contributed by atoms with van der Waals surface area (Å²) in [5, 5.41) is 0. The maximum absolute atomic E-state index is 12.4. The molecule has 0 radical (unpaired) electrons. The van der Waals surface area contributed by atoms with Crippen molar-refractivity contribution in [3.8, 4) is 0 Å². The molecule has 0 aliphatic heterocycles. The monoisotopic (exact) mass is 277 g/mol. The molecule has 1 aromatic heterocycles. The number of amides is 1. The molecule has 1 aliphatic carbocycles. The molecule has 0 bridgehead atoms. The summed E-state index contributed by atoms with van der Waals surface area (Å²) in [5.74, 6) is 5.60. The molecule has 1 aliphatic rings. The van der Waals surface area contributed by atoms with E-state index in [1.54, 1.807) is 4.90 Å². The first-order chi connectivity index (χ1) is 9.43. The van der Waals surface area contributed by atoms with Crippen molar-refractivity contribution >= 4 is 11.7 Å². The van der Waals surface area contributed by atoms with E-state index in [1.165, 1.54) is 12.4 Å². The first kappa shape index (κ1) is 14.7. The zero-order valence-electron chi connectivity index (χ0n) is 12.4. The Morgan fingerprint density at radius 2 is 2.00 bits per heavy atom. The zero-order chi connectivity index (χ0) is 14.8. The summed E-state index contributed by atoms with van der Waals surface area (Å²) >= 11 is 0. The van der Waals surface area contributed by atoms with Crippen molar-refractivity contribution in [3.63, 3.8) is 0 Å². The summed E-state index contributed by atoms with van der Waals surface area (Å²) in [5.41, 5.74) is 3.15. The summed E-state index contributed by atoms with van der Waals surface area (Å²) in [6.45, 7) is 4.57. The maximum atomic E-state index is 12.4. The molecular weight excluding hydrogens is 254 g/mol. The molecule has 1 aromatic rings. The highest BCUT2D eigenvalue weighted by Gasteiger charge is 2.31. The van der Waals surface area contributed by atoms with Gasteiger partial charge in [0.2, 0.25) is 0 Å². The number of carbonyl (C=O) groups is 1. The third-order valence-corrected chi connectivity index (χ3v) is 4.20. The Morgan fingerprint density at radius 3 is 2.50 bits per heavy atom. The Kier molecular flexibility index (Phi) is 4.23. The molecule has 1 amide bonds. The molecule has 6 nitrogen and oxygen atoms in total. The van der Waals surface area contributed by atoms with Crippen LogP contribution in [0, 0.1) is 5.41 Å². The van der Waals surface area contributed by atoms with Crippen LogP contribution in [0.25, 0.3) is 0 Å². The smallest absolute Gasteiger partial charge is 0.274 e.